The van der Waals surface area contributed by atoms with Gasteiger partial charge < -0.3 is 4.98 Å². The Labute approximate surface area is 176 Å². The predicted octanol–water partition coefficient (Wildman–Crippen LogP) is 5.36. The van der Waals surface area contributed by atoms with Gasteiger partial charge in [-0.2, -0.15) is 0 Å². The molecule has 0 radical (unpaired) electrons. The highest BCUT2D eigenvalue weighted by Crippen LogP contribution is 2.43. The molecule has 2 aliphatic rings. The number of piperidine rings is 1. The van der Waals surface area contributed by atoms with Gasteiger partial charge in [0.25, 0.3) is 0 Å². The first-order chi connectivity index (χ1) is 14.7. The number of nitrogens with one attached hydrogen (secondary N) is 1. The predicted molar refractivity (Wildman–Crippen MR) is 118 cm³/mol. The van der Waals surface area contributed by atoms with Gasteiger partial charge in [0.1, 0.15) is 5.82 Å². The Kier molecular flexibility index (Phi) is 5.23. The number of nitrogens with zero attached hydrogens (tertiary/aromatic N) is 2. The number of rotatable bonds is 3. The Morgan fingerprint density at radius 2 is 1.57 bits per heavy atom. The Hall–Kier alpha value is -2.40. The van der Waals surface area contributed by atoms with Gasteiger partial charge in [-0.05, 0) is 55.5 Å². The maximum absolute atomic E-state index is 13.6. The molecule has 1 aliphatic heterocycles. The maximum Gasteiger partial charge on any atom is 0.326 e. The van der Waals surface area contributed by atoms with Gasteiger partial charge in [-0.1, -0.05) is 49.9 Å². The van der Waals surface area contributed by atoms with E-state index < -0.39 is 0 Å². The van der Waals surface area contributed by atoms with Crippen LogP contribution in [0.2, 0.25) is 0 Å². The number of hydrogen-bond donors (Lipinski definition) is 1. The van der Waals surface area contributed by atoms with Crippen LogP contribution >= 0.6 is 0 Å². The molecule has 0 spiro atoms. The van der Waals surface area contributed by atoms with Gasteiger partial charge >= 0.3 is 5.69 Å². The molecule has 1 saturated heterocycles. The number of hydrogen-bond acceptors (Lipinski definition) is 2. The Balaban J connectivity index is 1.42. The monoisotopic (exact) mass is 407 g/mol. The molecule has 1 aromatic heterocycles. The molecule has 0 atom stereocenters. The van der Waals surface area contributed by atoms with Crippen molar-refractivity contribution in [3.8, 4) is 0 Å². The summed E-state index contributed by atoms with van der Waals surface area (Å²) >= 11 is 0. The highest BCUT2D eigenvalue weighted by Gasteiger charge is 2.40. The summed E-state index contributed by atoms with van der Waals surface area (Å²) in [5.74, 6) is -0.167. The van der Waals surface area contributed by atoms with Crippen molar-refractivity contribution in [2.45, 2.75) is 62.9 Å². The van der Waals surface area contributed by atoms with E-state index in [0.29, 0.717) is 0 Å². The molecule has 4 nitrogen and oxygen atoms in total. The van der Waals surface area contributed by atoms with E-state index in [9.17, 15) is 9.18 Å². The van der Waals surface area contributed by atoms with Gasteiger partial charge in [0.05, 0.1) is 11.0 Å². The first kappa shape index (κ1) is 19.6. The van der Waals surface area contributed by atoms with Crippen LogP contribution in [0.25, 0.3) is 11.0 Å². The summed E-state index contributed by atoms with van der Waals surface area (Å²) in [5.41, 5.74) is 3.17. The second-order valence-corrected chi connectivity index (χ2v) is 8.99. The Morgan fingerprint density at radius 3 is 2.27 bits per heavy atom. The number of likely N-dealkylation sites (tertiary alicyclic amines) is 1. The lowest BCUT2D eigenvalue weighted by molar-refractivity contribution is 0.0355. The van der Waals surface area contributed by atoms with Crippen molar-refractivity contribution in [1.82, 2.24) is 14.5 Å². The van der Waals surface area contributed by atoms with Crippen LogP contribution < -0.4 is 5.69 Å². The molecular weight excluding hydrogens is 377 g/mol. The smallest absolute Gasteiger partial charge is 0.306 e. The summed E-state index contributed by atoms with van der Waals surface area (Å²) in [6.07, 6.45) is 9.20. The zero-order chi connectivity index (χ0) is 20.6. The molecule has 0 amide bonds. The lowest BCUT2D eigenvalue weighted by Gasteiger charge is -2.47. The van der Waals surface area contributed by atoms with Crippen molar-refractivity contribution < 1.29 is 4.39 Å². The third-order valence-corrected chi connectivity index (χ3v) is 7.37. The van der Waals surface area contributed by atoms with E-state index in [1.165, 1.54) is 31.2 Å². The van der Waals surface area contributed by atoms with Crippen molar-refractivity contribution in [3.05, 3.63) is 70.4 Å². The molecule has 2 aromatic carbocycles. The molecule has 2 fully saturated rings. The van der Waals surface area contributed by atoms with Crippen LogP contribution in [0, 0.1) is 5.82 Å². The quantitative estimate of drug-likeness (QED) is 0.594. The molecule has 1 N–H and O–H groups in total. The largest absolute Gasteiger partial charge is 0.326 e. The fourth-order valence-electron chi connectivity index (χ4n) is 5.85. The first-order valence-electron chi connectivity index (χ1n) is 11.4. The molecule has 158 valence electrons. The Morgan fingerprint density at radius 1 is 0.900 bits per heavy atom. The fraction of sp³-hybridized carbons (Fsp3) is 0.480. The highest BCUT2D eigenvalue weighted by molar-refractivity contribution is 5.75. The number of aromatic amines is 1. The van der Waals surface area contributed by atoms with E-state index in [2.05, 4.69) is 9.88 Å². The minimum absolute atomic E-state index is 0.000343. The van der Waals surface area contributed by atoms with Crippen molar-refractivity contribution in [1.29, 1.82) is 0 Å². The maximum atomic E-state index is 13.6. The third-order valence-electron chi connectivity index (χ3n) is 7.37. The number of benzene rings is 2. The average Bonchev–Trinajstić information content (AvgIpc) is 2.93. The van der Waals surface area contributed by atoms with E-state index in [-0.39, 0.29) is 23.1 Å². The topological polar surface area (TPSA) is 41.0 Å². The number of aromatic nitrogens is 2. The second-order valence-electron chi connectivity index (χ2n) is 8.99. The van der Waals surface area contributed by atoms with Gasteiger partial charge in [0.15, 0.2) is 0 Å². The number of para-hydroxylation sites is 2. The molecule has 5 heteroatoms. The van der Waals surface area contributed by atoms with Crippen molar-refractivity contribution in [2.75, 3.05) is 13.1 Å². The van der Waals surface area contributed by atoms with E-state index in [4.69, 9.17) is 0 Å². The summed E-state index contributed by atoms with van der Waals surface area (Å²) in [5, 5.41) is 0. The van der Waals surface area contributed by atoms with Gasteiger partial charge in [-0.3, -0.25) is 9.47 Å². The fourth-order valence-corrected chi connectivity index (χ4v) is 5.85. The van der Waals surface area contributed by atoms with Crippen LogP contribution in [-0.4, -0.2) is 27.5 Å². The average molecular weight is 408 g/mol. The summed E-state index contributed by atoms with van der Waals surface area (Å²) < 4.78 is 15.6. The van der Waals surface area contributed by atoms with Gasteiger partial charge in [0, 0.05) is 24.7 Å². The molecular formula is C25H30FN3O. The van der Waals surface area contributed by atoms with Crippen LogP contribution in [0.5, 0.6) is 0 Å². The minimum Gasteiger partial charge on any atom is -0.306 e. The van der Waals surface area contributed by atoms with Crippen LogP contribution in [0.1, 0.15) is 63.0 Å². The van der Waals surface area contributed by atoms with Crippen molar-refractivity contribution in [3.63, 3.8) is 0 Å². The SMILES string of the molecule is O=c1[nH]c2ccccc2n1C1CCN(C2(c3ccc(F)cc3)CCCCCC2)CC1. The van der Waals surface area contributed by atoms with Crippen LogP contribution in [0.3, 0.4) is 0 Å². The molecule has 30 heavy (non-hydrogen) atoms. The van der Waals surface area contributed by atoms with E-state index in [1.807, 2.05) is 41.0 Å². The van der Waals surface area contributed by atoms with E-state index in [1.54, 1.807) is 12.1 Å². The van der Waals surface area contributed by atoms with E-state index >= 15 is 0 Å². The van der Waals surface area contributed by atoms with Gasteiger partial charge in [-0.15, -0.1) is 0 Å². The molecule has 5 rings (SSSR count). The van der Waals surface area contributed by atoms with Crippen molar-refractivity contribution >= 4 is 11.0 Å². The summed E-state index contributed by atoms with van der Waals surface area (Å²) in [4.78, 5) is 18.3. The number of H-pyrrole nitrogens is 1. The molecule has 1 saturated carbocycles. The molecule has 0 bridgehead atoms. The van der Waals surface area contributed by atoms with E-state index in [0.717, 1.165) is 49.8 Å². The summed E-state index contributed by atoms with van der Waals surface area (Å²) in [6.45, 7) is 1.93. The standard InChI is InChI=1S/C25H30FN3O/c26-20-11-9-19(10-12-20)25(15-5-1-2-6-16-25)28-17-13-21(14-18-28)29-23-8-4-3-7-22(23)27-24(29)30/h3-4,7-12,21H,1-2,5-6,13-18H2,(H,27,30). The van der Waals surface area contributed by atoms with Gasteiger partial charge in [-0.25, -0.2) is 9.18 Å². The highest BCUT2D eigenvalue weighted by atomic mass is 19.1. The summed E-state index contributed by atoms with van der Waals surface area (Å²) in [6, 6.07) is 15.4. The zero-order valence-electron chi connectivity index (χ0n) is 17.4. The van der Waals surface area contributed by atoms with Crippen LogP contribution in [0.15, 0.2) is 53.3 Å². The number of imidazole rings is 1. The third kappa shape index (κ3) is 3.39. The first-order valence-corrected chi connectivity index (χ1v) is 11.4. The molecule has 3 aromatic rings. The van der Waals surface area contributed by atoms with Crippen LogP contribution in [0.4, 0.5) is 4.39 Å². The van der Waals surface area contributed by atoms with Gasteiger partial charge in [0.2, 0.25) is 0 Å². The number of halogens is 1. The molecule has 2 heterocycles. The lowest BCUT2D eigenvalue weighted by atomic mass is 9.79. The molecule has 0 unspecified atom stereocenters. The second kappa shape index (κ2) is 8.03. The number of fused-ring (bicyclic) bond motifs is 1. The minimum atomic E-state index is -0.167. The normalized spacial score (nSPS) is 21.0. The van der Waals surface area contributed by atoms with Crippen molar-refractivity contribution in [2.24, 2.45) is 0 Å². The lowest BCUT2D eigenvalue weighted by Crippen LogP contribution is -2.50. The zero-order valence-corrected chi connectivity index (χ0v) is 17.4. The summed E-state index contributed by atoms with van der Waals surface area (Å²) in [7, 11) is 0. The van der Waals surface area contributed by atoms with Crippen LogP contribution in [-0.2, 0) is 5.54 Å². The molecule has 1 aliphatic carbocycles. The Bertz CT molecular complexity index is 1050.